The Kier molecular flexibility index (Phi) is 1.59. The molecule has 3 atom stereocenters. The summed E-state index contributed by atoms with van der Waals surface area (Å²) in [6.45, 7) is 6.43. The van der Waals surface area contributed by atoms with Crippen LogP contribution >= 0.6 is 0 Å². The molecule has 2 nitrogen and oxygen atoms in total. The Hall–Kier alpha value is -0.370. The molecule has 0 aromatic carbocycles. The molecule has 0 aromatic rings. The van der Waals surface area contributed by atoms with E-state index in [0.717, 1.165) is 12.8 Å². The van der Waals surface area contributed by atoms with Gasteiger partial charge in [-0.1, -0.05) is 13.8 Å². The monoisotopic (exact) mass is 168 g/mol. The molecule has 1 saturated heterocycles. The van der Waals surface area contributed by atoms with Crippen LogP contribution < -0.4 is 0 Å². The third-order valence-electron chi connectivity index (χ3n) is 3.25. The molecule has 2 heteroatoms. The molecule has 1 saturated carbocycles. The van der Waals surface area contributed by atoms with Crippen LogP contribution in [0.1, 0.15) is 33.6 Å². The minimum Gasteiger partial charge on any atom is -0.358 e. The van der Waals surface area contributed by atoms with E-state index >= 15 is 0 Å². The van der Waals surface area contributed by atoms with Crippen LogP contribution in [0.15, 0.2) is 0 Å². The third kappa shape index (κ3) is 1.09. The van der Waals surface area contributed by atoms with Crippen molar-refractivity contribution in [1.82, 2.24) is 0 Å². The van der Waals surface area contributed by atoms with Crippen molar-refractivity contribution in [3.05, 3.63) is 0 Å². The number of ketones is 1. The lowest BCUT2D eigenvalue weighted by molar-refractivity contribution is -0.122. The van der Waals surface area contributed by atoms with Crippen molar-refractivity contribution in [3.63, 3.8) is 0 Å². The number of rotatable bonds is 1. The Bertz CT molecular complexity index is 222. The third-order valence-corrected chi connectivity index (χ3v) is 3.25. The number of hydrogen-bond donors (Lipinski definition) is 0. The Morgan fingerprint density at radius 2 is 2.25 bits per heavy atom. The first-order chi connectivity index (χ1) is 5.53. The quantitative estimate of drug-likeness (QED) is 0.558. The average Bonchev–Trinajstić information content (AvgIpc) is 2.61. The molecule has 0 amide bonds. The lowest BCUT2D eigenvalue weighted by atomic mass is 9.76. The molecule has 2 rings (SSSR count). The molecule has 1 aliphatic heterocycles. The van der Waals surface area contributed by atoms with E-state index in [4.69, 9.17) is 4.74 Å². The van der Waals surface area contributed by atoms with Crippen molar-refractivity contribution >= 4 is 5.78 Å². The summed E-state index contributed by atoms with van der Waals surface area (Å²) in [4.78, 5) is 11.4. The number of epoxide rings is 1. The van der Waals surface area contributed by atoms with Gasteiger partial charge in [-0.05, 0) is 25.2 Å². The topological polar surface area (TPSA) is 29.6 Å². The van der Waals surface area contributed by atoms with Gasteiger partial charge in [-0.2, -0.15) is 0 Å². The van der Waals surface area contributed by atoms with E-state index in [-0.39, 0.29) is 11.7 Å². The van der Waals surface area contributed by atoms with Crippen LogP contribution in [-0.4, -0.2) is 17.5 Å². The lowest BCUT2D eigenvalue weighted by Gasteiger charge is -2.25. The van der Waals surface area contributed by atoms with Crippen molar-refractivity contribution in [2.75, 3.05) is 0 Å². The number of carbonyl (C=O) groups is 1. The zero-order valence-corrected chi connectivity index (χ0v) is 7.96. The summed E-state index contributed by atoms with van der Waals surface area (Å²) < 4.78 is 5.41. The van der Waals surface area contributed by atoms with Crippen LogP contribution in [0.4, 0.5) is 0 Å². The van der Waals surface area contributed by atoms with Gasteiger partial charge in [-0.25, -0.2) is 0 Å². The second kappa shape index (κ2) is 2.32. The highest BCUT2D eigenvalue weighted by Gasteiger charge is 2.60. The summed E-state index contributed by atoms with van der Waals surface area (Å²) in [5.74, 6) is 1.47. The van der Waals surface area contributed by atoms with E-state index in [2.05, 4.69) is 20.8 Å². The Morgan fingerprint density at radius 1 is 1.58 bits per heavy atom. The van der Waals surface area contributed by atoms with Crippen molar-refractivity contribution in [2.24, 2.45) is 11.8 Å². The average molecular weight is 168 g/mol. The molecular formula is C10H16O2. The van der Waals surface area contributed by atoms with E-state index in [9.17, 15) is 4.79 Å². The van der Waals surface area contributed by atoms with Gasteiger partial charge < -0.3 is 4.74 Å². The fourth-order valence-electron chi connectivity index (χ4n) is 2.23. The van der Waals surface area contributed by atoms with Gasteiger partial charge in [0.05, 0.1) is 0 Å². The number of Topliss-reactive ketones (excluding diaryl/α,β-unsaturated/α-hetero) is 1. The summed E-state index contributed by atoms with van der Waals surface area (Å²) in [5, 5.41) is 0. The normalized spacial score (nSPS) is 46.2. The molecule has 1 aliphatic carbocycles. The standard InChI is InChI=1S/C10H16O2/c1-6(2)7-4-8(11)9-10(3,5-7)12-9/h6-7,9H,4-5H2,1-3H3. The fraction of sp³-hybridized carbons (Fsp3) is 0.900. The van der Waals surface area contributed by atoms with Gasteiger partial charge in [0, 0.05) is 6.42 Å². The number of fused-ring (bicyclic) bond motifs is 1. The predicted octanol–water partition coefficient (Wildman–Crippen LogP) is 1.78. The Labute approximate surface area is 73.3 Å². The molecule has 3 unspecified atom stereocenters. The van der Waals surface area contributed by atoms with Crippen molar-refractivity contribution < 1.29 is 9.53 Å². The largest absolute Gasteiger partial charge is 0.358 e. The summed E-state index contributed by atoms with van der Waals surface area (Å²) in [6.07, 6.45) is 1.76. The molecule has 12 heavy (non-hydrogen) atoms. The highest BCUT2D eigenvalue weighted by Crippen LogP contribution is 2.49. The molecule has 2 aliphatic rings. The molecule has 0 N–H and O–H groups in total. The van der Waals surface area contributed by atoms with Crippen LogP contribution in [0.3, 0.4) is 0 Å². The van der Waals surface area contributed by atoms with Crippen LogP contribution in [0.5, 0.6) is 0 Å². The maximum Gasteiger partial charge on any atom is 0.164 e. The van der Waals surface area contributed by atoms with Gasteiger partial charge in [0.1, 0.15) is 11.7 Å². The summed E-state index contributed by atoms with van der Waals surface area (Å²) in [5.41, 5.74) is -0.0791. The summed E-state index contributed by atoms with van der Waals surface area (Å²) in [6, 6.07) is 0. The zero-order chi connectivity index (χ0) is 8.93. The molecule has 0 radical (unpaired) electrons. The van der Waals surface area contributed by atoms with Crippen molar-refractivity contribution in [1.29, 1.82) is 0 Å². The minimum atomic E-state index is -0.0791. The van der Waals surface area contributed by atoms with Crippen LogP contribution in [0.2, 0.25) is 0 Å². The molecule has 0 bridgehead atoms. The fourth-order valence-corrected chi connectivity index (χ4v) is 2.23. The Morgan fingerprint density at radius 3 is 2.75 bits per heavy atom. The summed E-state index contributed by atoms with van der Waals surface area (Å²) >= 11 is 0. The predicted molar refractivity (Wildman–Crippen MR) is 45.8 cm³/mol. The number of carbonyl (C=O) groups excluding carboxylic acids is 1. The number of hydrogen-bond acceptors (Lipinski definition) is 2. The maximum absolute atomic E-state index is 11.4. The smallest absolute Gasteiger partial charge is 0.164 e. The second-order valence-electron chi connectivity index (χ2n) is 4.69. The first-order valence-corrected chi connectivity index (χ1v) is 4.73. The highest BCUT2D eigenvalue weighted by molar-refractivity contribution is 5.88. The van der Waals surface area contributed by atoms with E-state index in [1.165, 1.54) is 0 Å². The first kappa shape index (κ1) is 8.24. The van der Waals surface area contributed by atoms with Gasteiger partial charge in [0.25, 0.3) is 0 Å². The number of ether oxygens (including phenoxy) is 1. The maximum atomic E-state index is 11.4. The highest BCUT2D eigenvalue weighted by atomic mass is 16.6. The molecule has 0 aromatic heterocycles. The van der Waals surface area contributed by atoms with E-state index in [1.54, 1.807) is 0 Å². The lowest BCUT2D eigenvalue weighted by Crippen LogP contribution is -2.31. The van der Waals surface area contributed by atoms with Crippen LogP contribution in [0.25, 0.3) is 0 Å². The second-order valence-corrected chi connectivity index (χ2v) is 4.69. The molecule has 1 heterocycles. The van der Waals surface area contributed by atoms with Crippen molar-refractivity contribution in [3.8, 4) is 0 Å². The minimum absolute atomic E-state index is 0.0486. The molecule has 0 spiro atoms. The Balaban J connectivity index is 2.09. The van der Waals surface area contributed by atoms with E-state index in [0.29, 0.717) is 17.6 Å². The first-order valence-electron chi connectivity index (χ1n) is 4.73. The summed E-state index contributed by atoms with van der Waals surface area (Å²) in [7, 11) is 0. The van der Waals surface area contributed by atoms with Gasteiger partial charge in [0.2, 0.25) is 0 Å². The van der Waals surface area contributed by atoms with Crippen LogP contribution in [0, 0.1) is 11.8 Å². The zero-order valence-electron chi connectivity index (χ0n) is 7.96. The van der Waals surface area contributed by atoms with Crippen LogP contribution in [-0.2, 0) is 9.53 Å². The van der Waals surface area contributed by atoms with Gasteiger partial charge in [-0.3, -0.25) is 4.79 Å². The van der Waals surface area contributed by atoms with Gasteiger partial charge in [0.15, 0.2) is 5.78 Å². The van der Waals surface area contributed by atoms with Gasteiger partial charge >= 0.3 is 0 Å². The molecule has 2 fully saturated rings. The molecule has 68 valence electrons. The SMILES string of the molecule is CC(C)C1CC(=O)C2OC2(C)C1. The van der Waals surface area contributed by atoms with Crippen molar-refractivity contribution in [2.45, 2.75) is 45.3 Å². The van der Waals surface area contributed by atoms with Gasteiger partial charge in [-0.15, -0.1) is 0 Å². The molecular weight excluding hydrogens is 152 g/mol. The van der Waals surface area contributed by atoms with E-state index < -0.39 is 0 Å². The van der Waals surface area contributed by atoms with E-state index in [1.807, 2.05) is 0 Å².